The third-order valence-corrected chi connectivity index (χ3v) is 8.67. The van der Waals surface area contributed by atoms with Gasteiger partial charge in [-0.25, -0.2) is 13.6 Å². The summed E-state index contributed by atoms with van der Waals surface area (Å²) in [6.07, 6.45) is 1.09. The summed E-state index contributed by atoms with van der Waals surface area (Å²) in [6, 6.07) is 5.27. The van der Waals surface area contributed by atoms with E-state index in [2.05, 4.69) is 16.5 Å². The maximum absolute atomic E-state index is 15.1. The fraction of sp³-hybridized carbons (Fsp3) is 0.414. The molecule has 0 spiro atoms. The van der Waals surface area contributed by atoms with Crippen LogP contribution in [-0.2, 0) is 16.1 Å². The Hall–Kier alpha value is -3.24. The van der Waals surface area contributed by atoms with Gasteiger partial charge in [-0.3, -0.25) is 9.36 Å². The molecule has 2 aliphatic heterocycles. The van der Waals surface area contributed by atoms with Crippen molar-refractivity contribution in [3.63, 3.8) is 0 Å². The molecule has 0 radical (unpaired) electrons. The monoisotopic (exact) mass is 554 g/mol. The summed E-state index contributed by atoms with van der Waals surface area (Å²) in [6.45, 7) is 13.2. The summed E-state index contributed by atoms with van der Waals surface area (Å²) in [7, 11) is 0. The number of aromatic nitrogens is 2. The Morgan fingerprint density at radius 1 is 1.21 bits per heavy atom. The molecule has 0 unspecified atom stereocenters. The Morgan fingerprint density at radius 2 is 1.92 bits per heavy atom. The summed E-state index contributed by atoms with van der Waals surface area (Å²) in [5.74, 6) is -0.327. The smallest absolute Gasteiger partial charge is 0.350 e. The molecule has 39 heavy (non-hydrogen) atoms. The van der Waals surface area contributed by atoms with Crippen molar-refractivity contribution in [1.82, 2.24) is 14.5 Å². The number of rotatable bonds is 5. The number of nitrogens with zero attached hydrogens (tertiary/aromatic N) is 4. The van der Waals surface area contributed by atoms with E-state index in [1.54, 1.807) is 9.47 Å². The second-order valence-electron chi connectivity index (χ2n) is 10.2. The first-order chi connectivity index (χ1) is 18.6. The van der Waals surface area contributed by atoms with Crippen molar-refractivity contribution < 1.29 is 18.3 Å². The molecule has 0 saturated carbocycles. The Balaban J connectivity index is 1.74. The summed E-state index contributed by atoms with van der Waals surface area (Å²) >= 11 is 1.52. The van der Waals surface area contributed by atoms with Crippen LogP contribution in [0.5, 0.6) is 0 Å². The molecule has 3 atom stereocenters. The molecule has 10 heteroatoms. The lowest BCUT2D eigenvalue weighted by molar-refractivity contribution is -0.130. The molecule has 5 rings (SSSR count). The van der Waals surface area contributed by atoms with Crippen molar-refractivity contribution in [2.45, 2.75) is 57.3 Å². The zero-order valence-electron chi connectivity index (χ0n) is 22.5. The number of halogens is 2. The van der Waals surface area contributed by atoms with Crippen LogP contribution < -0.4 is 10.6 Å². The van der Waals surface area contributed by atoms with E-state index in [0.29, 0.717) is 48.9 Å². The fourth-order valence-corrected chi connectivity index (χ4v) is 7.23. The Bertz CT molecular complexity index is 1510. The molecule has 1 amide bonds. The van der Waals surface area contributed by atoms with Crippen LogP contribution in [-0.4, -0.2) is 64.0 Å². The average molecular weight is 555 g/mol. The molecule has 0 N–H and O–H groups in total. The molecule has 1 fully saturated rings. The van der Waals surface area contributed by atoms with E-state index < -0.39 is 17.3 Å². The molecule has 1 saturated heterocycles. The fourth-order valence-electron chi connectivity index (χ4n) is 5.90. The number of thioether (sulfide) groups is 1. The SMILES string of the molecule is C=CC(=O)N1[C@H](C)CN(c2nc(=O)n3c4c(c(-c5ccc(F)cc5F)c(C)cc24)SC[C@@H](OCC)C3)C[C@@H]1C. The molecule has 1 aromatic heterocycles. The molecule has 3 aromatic rings. The lowest BCUT2D eigenvalue weighted by Gasteiger charge is -2.44. The molecule has 206 valence electrons. The van der Waals surface area contributed by atoms with Crippen LogP contribution in [0.3, 0.4) is 0 Å². The first-order valence-electron chi connectivity index (χ1n) is 13.1. The van der Waals surface area contributed by atoms with Gasteiger partial charge in [-0.05, 0) is 57.5 Å². The quantitative estimate of drug-likeness (QED) is 0.424. The predicted octanol–water partition coefficient (Wildman–Crippen LogP) is 4.77. The highest BCUT2D eigenvalue weighted by Gasteiger charge is 2.35. The molecule has 3 heterocycles. The van der Waals surface area contributed by atoms with E-state index >= 15 is 4.39 Å². The molecular formula is C29H32F2N4O3S. The molecule has 0 bridgehead atoms. The van der Waals surface area contributed by atoms with Crippen LogP contribution in [0.25, 0.3) is 22.0 Å². The van der Waals surface area contributed by atoms with Crippen LogP contribution in [0.15, 0.2) is 46.6 Å². The highest BCUT2D eigenvalue weighted by atomic mass is 32.2. The number of piperazine rings is 1. The number of amides is 1. The van der Waals surface area contributed by atoms with Crippen molar-refractivity contribution in [2.24, 2.45) is 0 Å². The number of carbonyl (C=O) groups is 1. The zero-order valence-corrected chi connectivity index (χ0v) is 23.4. The highest BCUT2D eigenvalue weighted by Crippen LogP contribution is 2.44. The van der Waals surface area contributed by atoms with Crippen molar-refractivity contribution in [2.75, 3.05) is 30.3 Å². The van der Waals surface area contributed by atoms with Gasteiger partial charge in [-0.15, -0.1) is 11.8 Å². The highest BCUT2D eigenvalue weighted by molar-refractivity contribution is 7.99. The van der Waals surface area contributed by atoms with E-state index in [0.717, 1.165) is 21.9 Å². The van der Waals surface area contributed by atoms with Gasteiger partial charge in [0.15, 0.2) is 0 Å². The molecule has 7 nitrogen and oxygen atoms in total. The normalized spacial score (nSPS) is 21.2. The van der Waals surface area contributed by atoms with E-state index in [1.165, 1.54) is 30.0 Å². The van der Waals surface area contributed by atoms with Crippen LogP contribution in [0.4, 0.5) is 14.6 Å². The molecule has 2 aromatic carbocycles. The summed E-state index contributed by atoms with van der Waals surface area (Å²) in [5, 5.41) is 0.779. The van der Waals surface area contributed by atoms with Gasteiger partial charge in [0, 0.05) is 65.0 Å². The summed E-state index contributed by atoms with van der Waals surface area (Å²) in [5.41, 5.74) is 1.97. The van der Waals surface area contributed by atoms with E-state index in [4.69, 9.17) is 4.74 Å². The first kappa shape index (κ1) is 27.3. The maximum atomic E-state index is 15.1. The number of hydrogen-bond acceptors (Lipinski definition) is 6. The Kier molecular flexibility index (Phi) is 7.52. The van der Waals surface area contributed by atoms with Crippen LogP contribution in [0.1, 0.15) is 26.3 Å². The minimum atomic E-state index is -0.659. The zero-order chi connectivity index (χ0) is 28.0. The largest absolute Gasteiger partial charge is 0.376 e. The van der Waals surface area contributed by atoms with Crippen LogP contribution in [0, 0.1) is 18.6 Å². The van der Waals surface area contributed by atoms with E-state index in [-0.39, 0.29) is 29.7 Å². The number of hydrogen-bond donors (Lipinski definition) is 0. The van der Waals surface area contributed by atoms with Gasteiger partial charge in [-0.1, -0.05) is 6.58 Å². The van der Waals surface area contributed by atoms with E-state index in [1.807, 2.05) is 33.8 Å². The van der Waals surface area contributed by atoms with Gasteiger partial charge >= 0.3 is 5.69 Å². The first-order valence-corrected chi connectivity index (χ1v) is 14.1. The number of benzene rings is 2. The van der Waals surface area contributed by atoms with Crippen molar-refractivity contribution in [3.8, 4) is 11.1 Å². The van der Waals surface area contributed by atoms with E-state index in [9.17, 15) is 14.0 Å². The number of anilines is 1. The standard InChI is InChI=1S/C29H32F2N4O3S/c1-6-24(36)35-17(4)12-33(13-18(35)5)28-22-10-16(3)25(21-9-8-19(30)11-23(21)31)27-26(22)34(29(37)32-28)14-20(15-39-27)38-7-2/h6,8-11,17-18,20H,1,7,12-15H2,2-5H3/t17-,18+,20-/m0/s1. The minimum absolute atomic E-state index is 0.126. The van der Waals surface area contributed by atoms with Gasteiger partial charge in [0.05, 0.1) is 18.2 Å². The topological polar surface area (TPSA) is 67.7 Å². The second kappa shape index (κ2) is 10.7. The van der Waals surface area contributed by atoms with Gasteiger partial charge in [0.2, 0.25) is 5.91 Å². The second-order valence-corrected chi connectivity index (χ2v) is 11.2. The molecular weight excluding hydrogens is 522 g/mol. The number of carbonyl (C=O) groups excluding carboxylic acids is 1. The van der Waals surface area contributed by atoms with Crippen LogP contribution in [0.2, 0.25) is 0 Å². The lowest BCUT2D eigenvalue weighted by Crippen LogP contribution is -2.58. The minimum Gasteiger partial charge on any atom is -0.376 e. The van der Waals surface area contributed by atoms with Crippen molar-refractivity contribution in [1.29, 1.82) is 0 Å². The Morgan fingerprint density at radius 3 is 2.56 bits per heavy atom. The molecule has 2 aliphatic rings. The van der Waals surface area contributed by atoms with Gasteiger partial charge < -0.3 is 14.5 Å². The van der Waals surface area contributed by atoms with Crippen molar-refractivity contribution >= 4 is 34.4 Å². The maximum Gasteiger partial charge on any atom is 0.350 e. The number of aryl methyl sites for hydroxylation is 1. The third-order valence-electron chi connectivity index (χ3n) is 7.45. The van der Waals surface area contributed by atoms with Gasteiger partial charge in [-0.2, -0.15) is 4.98 Å². The molecule has 0 aliphatic carbocycles. The van der Waals surface area contributed by atoms with Gasteiger partial charge in [0.25, 0.3) is 0 Å². The predicted molar refractivity (Wildman–Crippen MR) is 150 cm³/mol. The average Bonchev–Trinajstić information content (AvgIpc) is 3.07. The Labute approximate surface area is 230 Å². The lowest BCUT2D eigenvalue weighted by atomic mass is 9.97. The number of ether oxygens (including phenoxy) is 1. The third kappa shape index (κ3) is 4.84. The van der Waals surface area contributed by atoms with Gasteiger partial charge in [0.1, 0.15) is 17.5 Å². The van der Waals surface area contributed by atoms with Crippen LogP contribution >= 0.6 is 11.8 Å². The van der Waals surface area contributed by atoms with Crippen molar-refractivity contribution in [3.05, 3.63) is 64.6 Å². The summed E-state index contributed by atoms with van der Waals surface area (Å²) in [4.78, 5) is 35.2. The summed E-state index contributed by atoms with van der Waals surface area (Å²) < 4.78 is 36.5.